The highest BCUT2D eigenvalue weighted by atomic mass is 16.8. The summed E-state index contributed by atoms with van der Waals surface area (Å²) in [5.41, 5.74) is 0. The minimum Gasteiger partial charge on any atom is -0.340 e. The molecule has 86 valence electrons. The van der Waals surface area contributed by atoms with Gasteiger partial charge >= 0.3 is 0 Å². The molecule has 4 atom stereocenters. The van der Waals surface area contributed by atoms with E-state index in [4.69, 9.17) is 9.47 Å². The van der Waals surface area contributed by atoms with Crippen molar-refractivity contribution in [2.24, 2.45) is 11.8 Å². The number of hydrogen-bond donors (Lipinski definition) is 0. The molecule has 1 rings (SSSR count). The molecule has 0 aromatic carbocycles. The summed E-state index contributed by atoms with van der Waals surface area (Å²) in [7, 11) is 0.698. The van der Waals surface area contributed by atoms with Crippen LogP contribution in [0.2, 0.25) is 0 Å². The summed E-state index contributed by atoms with van der Waals surface area (Å²) in [5.74, 6) is 0.752. The van der Waals surface area contributed by atoms with Crippen LogP contribution in [0.5, 0.6) is 0 Å². The Morgan fingerprint density at radius 3 is 1.60 bits per heavy atom. The highest BCUT2D eigenvalue weighted by molar-refractivity contribution is 6.15. The van der Waals surface area contributed by atoms with Gasteiger partial charge in [0.05, 0.1) is 11.8 Å². The first kappa shape index (κ1) is 12.9. The fourth-order valence-electron chi connectivity index (χ4n) is 1.63. The van der Waals surface area contributed by atoms with Gasteiger partial charge in [-0.25, -0.2) is 0 Å². The van der Waals surface area contributed by atoms with Crippen LogP contribution < -0.4 is 0 Å². The molecule has 1 aliphatic heterocycles. The van der Waals surface area contributed by atoms with Gasteiger partial charge in [-0.05, 0) is 27.7 Å². The SMILES string of the molecule is [BH3-][CH+][C@H](C)[C@H]1OC(C)(C)O[C@@H]1[C@@H](C)[CH+][BH3-]. The first-order valence-corrected chi connectivity index (χ1v) is 4.70. The number of rotatable bonds is 4. The van der Waals surface area contributed by atoms with Crippen molar-refractivity contribution in [2.45, 2.75) is 45.7 Å². The molecule has 15 heavy (non-hydrogen) atoms. The van der Waals surface area contributed by atoms with Crippen molar-refractivity contribution in [1.82, 2.24) is 0 Å². The second kappa shape index (κ2) is 4.75. The first-order valence-electron chi connectivity index (χ1n) is 4.70. The normalized spacial score (nSPS) is 33.5. The molecule has 0 aromatic rings. The van der Waals surface area contributed by atoms with Crippen molar-refractivity contribution in [3.8, 4) is 0 Å². The zero-order valence-corrected chi connectivity index (χ0v) is 8.78. The molecule has 1 heterocycles. The van der Waals surface area contributed by atoms with Crippen molar-refractivity contribution >= 4 is 15.7 Å². The molecule has 0 aliphatic carbocycles. The lowest BCUT2D eigenvalue weighted by Gasteiger charge is -2.21. The Bertz CT molecular complexity index is 189. The molecule has 0 unspecified atom stereocenters. The maximum Gasteiger partial charge on any atom is 0.164 e. The zero-order valence-electron chi connectivity index (χ0n) is 8.78. The molecule has 0 spiro atoms. The monoisotopic (exact) mass is 210 g/mol. The molecule has 0 amide bonds. The third-order valence-corrected chi connectivity index (χ3v) is 2.20. The lowest BCUT2D eigenvalue weighted by molar-refractivity contribution is -0.151. The third-order valence-electron chi connectivity index (χ3n) is 2.20. The lowest BCUT2D eigenvalue weighted by atomic mass is 9.80. The average molecular weight is 210 g/mol. The van der Waals surface area contributed by atoms with Crippen LogP contribution in [0.15, 0.2) is 0 Å². The number of ether oxygens (including phenoxy) is 2. The van der Waals surface area contributed by atoms with Gasteiger partial charge in [0.15, 0.2) is 21.5 Å². The van der Waals surface area contributed by atoms with Crippen molar-refractivity contribution in [3.05, 3.63) is 12.6 Å². The van der Waals surface area contributed by atoms with Gasteiger partial charge in [0.25, 0.3) is 0 Å². The van der Waals surface area contributed by atoms with Gasteiger partial charge < -0.3 is 9.47 Å². The zero-order chi connectivity index (χ0) is 11.6. The van der Waals surface area contributed by atoms with Gasteiger partial charge in [0, 0.05) is 0 Å². The molecular weight excluding hydrogens is 186 g/mol. The van der Waals surface area contributed by atoms with E-state index in [-0.39, 0.29) is 18.0 Å². The largest absolute Gasteiger partial charge is 0.340 e. The van der Waals surface area contributed by atoms with E-state index in [0.29, 0.717) is 27.5 Å². The van der Waals surface area contributed by atoms with E-state index in [9.17, 15) is 0 Å². The van der Waals surface area contributed by atoms with E-state index in [1.165, 1.54) is 0 Å². The summed E-state index contributed by atoms with van der Waals surface area (Å²) in [6, 6.07) is 0. The third kappa shape index (κ3) is 2.88. The molecule has 0 aromatic heterocycles. The molecular formula is C11H24B2O2. The summed E-state index contributed by atoms with van der Waals surface area (Å²) in [6.07, 6.45) is 5.47. The van der Waals surface area contributed by atoms with Crippen molar-refractivity contribution in [1.29, 1.82) is 0 Å². The molecule has 0 N–H and O–H groups in total. The predicted molar refractivity (Wildman–Crippen MR) is 70.6 cm³/mol. The lowest BCUT2D eigenvalue weighted by Crippen LogP contribution is -2.35. The molecule has 1 saturated heterocycles. The van der Waals surface area contributed by atoms with Crippen LogP contribution in [0.1, 0.15) is 27.7 Å². The summed E-state index contributed by atoms with van der Waals surface area (Å²) in [4.78, 5) is 0. The summed E-state index contributed by atoms with van der Waals surface area (Å²) < 4.78 is 12.1. The van der Waals surface area contributed by atoms with Gasteiger partial charge in [-0.1, -0.05) is 0 Å². The van der Waals surface area contributed by atoms with Crippen LogP contribution in [0, 0.1) is 24.5 Å². The molecule has 4 heteroatoms. The molecule has 1 aliphatic rings. The minimum atomic E-state index is -0.385. The van der Waals surface area contributed by atoms with Crippen molar-refractivity contribution < 1.29 is 9.47 Å². The predicted octanol–water partition coefficient (Wildman–Crippen LogP) is -0.167. The standard InChI is InChI=1S/C11H24B2O2/c1-7(5-12)9-10(8(2)6-13)15-11(3,4)14-9/h5-10H,1-4,12-13H3/t7-,8-,9+,10+/m0/s1. The smallest absolute Gasteiger partial charge is 0.164 e. The summed E-state index contributed by atoms with van der Waals surface area (Å²) >= 11 is 0. The molecule has 2 nitrogen and oxygen atoms in total. The van der Waals surface area contributed by atoms with Crippen LogP contribution in [-0.2, 0) is 9.47 Å². The Hall–Kier alpha value is -0.210. The Kier molecular flexibility index (Phi) is 4.07. The van der Waals surface area contributed by atoms with E-state index in [1.54, 1.807) is 0 Å². The quantitative estimate of drug-likeness (QED) is 0.473. The van der Waals surface area contributed by atoms with Crippen molar-refractivity contribution in [3.63, 3.8) is 0 Å². The second-order valence-corrected chi connectivity index (χ2v) is 4.28. The fourth-order valence-corrected chi connectivity index (χ4v) is 1.63. The molecule has 0 radical (unpaired) electrons. The Morgan fingerprint density at radius 2 is 1.33 bits per heavy atom. The maximum absolute atomic E-state index is 6.03. The molecule has 0 bridgehead atoms. The highest BCUT2D eigenvalue weighted by Crippen LogP contribution is 2.36. The Balaban J connectivity index is 2.74. The first-order chi connectivity index (χ1) is 6.91. The average Bonchev–Trinajstić information content (AvgIpc) is 2.52. The van der Waals surface area contributed by atoms with Crippen LogP contribution >= 0.6 is 0 Å². The topological polar surface area (TPSA) is 18.5 Å². The van der Waals surface area contributed by atoms with Gasteiger partial charge in [0.1, 0.15) is 12.2 Å². The van der Waals surface area contributed by atoms with Crippen LogP contribution in [-0.4, -0.2) is 33.7 Å². The summed E-state index contributed by atoms with van der Waals surface area (Å²) in [6.45, 7) is 8.60. The van der Waals surface area contributed by atoms with Gasteiger partial charge in [-0.2, -0.15) is 0 Å². The Labute approximate surface area is 95.9 Å². The Morgan fingerprint density at radius 1 is 1.00 bits per heavy atom. The second-order valence-electron chi connectivity index (χ2n) is 4.28. The van der Waals surface area contributed by atoms with Gasteiger partial charge in [-0.15, -0.1) is 12.6 Å². The highest BCUT2D eigenvalue weighted by Gasteiger charge is 2.47. The fraction of sp³-hybridized carbons (Fsp3) is 0.818. The van der Waals surface area contributed by atoms with E-state index < -0.39 is 0 Å². The summed E-state index contributed by atoms with van der Waals surface area (Å²) in [5, 5.41) is 0. The van der Waals surface area contributed by atoms with E-state index in [2.05, 4.69) is 26.5 Å². The van der Waals surface area contributed by atoms with Gasteiger partial charge in [-0.3, -0.25) is 0 Å². The van der Waals surface area contributed by atoms with Crippen LogP contribution in [0.4, 0.5) is 0 Å². The van der Waals surface area contributed by atoms with E-state index in [1.807, 2.05) is 13.8 Å². The minimum absolute atomic E-state index is 0.280. The molecule has 0 saturated carbocycles. The van der Waals surface area contributed by atoms with Crippen LogP contribution in [0.3, 0.4) is 0 Å². The van der Waals surface area contributed by atoms with Gasteiger partial charge in [0.2, 0.25) is 0 Å². The van der Waals surface area contributed by atoms with E-state index >= 15 is 0 Å². The van der Waals surface area contributed by atoms with Crippen LogP contribution in [0.25, 0.3) is 0 Å². The van der Waals surface area contributed by atoms with Crippen molar-refractivity contribution in [2.75, 3.05) is 0 Å². The molecule has 1 fully saturated rings. The maximum atomic E-state index is 6.03. The number of hydrogen-bond acceptors (Lipinski definition) is 2. The van der Waals surface area contributed by atoms with E-state index in [0.717, 1.165) is 0 Å².